The maximum atomic E-state index is 14.2. The van der Waals surface area contributed by atoms with Crippen molar-refractivity contribution in [1.82, 2.24) is 5.32 Å². The van der Waals surface area contributed by atoms with Gasteiger partial charge in [0.05, 0.1) is 60.0 Å². The van der Waals surface area contributed by atoms with Crippen molar-refractivity contribution in [3.63, 3.8) is 0 Å². The molecule has 12 nitrogen and oxygen atoms in total. The maximum absolute atomic E-state index is 14.2. The second kappa shape index (κ2) is 17.6. The molecule has 3 N–H and O–H groups in total. The van der Waals surface area contributed by atoms with Crippen LogP contribution in [0.15, 0.2) is 34.1 Å². The van der Waals surface area contributed by atoms with E-state index in [1.54, 1.807) is 0 Å². The molecule has 3 rings (SSSR count). The van der Waals surface area contributed by atoms with Crippen molar-refractivity contribution in [2.75, 3.05) is 35.9 Å². The van der Waals surface area contributed by atoms with Crippen LogP contribution in [0.25, 0.3) is 0 Å². The standard InChI is InChI=1S/C14H11ClF4N2O5S.C13H10ClF4NO4S/c1-26-11(23)5-27-9-3-8(7(16)2-6(9)15)21-10(22)4-13(25,14(17,18)19)20-12(21)24;1-23-12(22)5-24-9-3-8(7(15)2-6(9)14)19-11(21)4-10(20)13(16,17)18/h2-3,25H,4-5H2,1H3,(H,20,24);2-3H,4-5H2,1H3,(H,19,21). The van der Waals surface area contributed by atoms with Gasteiger partial charge >= 0.3 is 30.3 Å². The first-order valence-electron chi connectivity index (χ1n) is 13.2. The Bertz CT molecular complexity index is 1700. The lowest BCUT2D eigenvalue weighted by Crippen LogP contribution is -2.68. The number of amides is 4. The van der Waals surface area contributed by atoms with Gasteiger partial charge in [0.2, 0.25) is 23.3 Å². The monoisotopic (exact) mass is 817 g/mol. The average molecular weight is 819 g/mol. The predicted octanol–water partition coefficient (Wildman–Crippen LogP) is 5.65. The number of ketones is 1. The van der Waals surface area contributed by atoms with Gasteiger partial charge in [0.25, 0.3) is 0 Å². The van der Waals surface area contributed by atoms with Crippen LogP contribution in [-0.4, -0.2) is 84.5 Å². The molecule has 0 spiro atoms. The van der Waals surface area contributed by atoms with Crippen molar-refractivity contribution in [2.45, 2.75) is 40.7 Å². The van der Waals surface area contributed by atoms with Gasteiger partial charge in [-0.05, 0) is 24.3 Å². The SMILES string of the molecule is COC(=O)CSc1cc(N2C(=O)CC(O)(C(F)(F)F)NC2=O)c(F)cc1Cl.COC(=O)CSc1cc(NC(=O)CC(=O)C(F)(F)F)c(F)cc1Cl. The number of halogens is 10. The molecule has 0 saturated carbocycles. The summed E-state index contributed by atoms with van der Waals surface area (Å²) in [5.74, 6) is -8.83. The van der Waals surface area contributed by atoms with Crippen molar-refractivity contribution >= 4 is 93.7 Å². The van der Waals surface area contributed by atoms with Crippen molar-refractivity contribution in [3.8, 4) is 0 Å². The second-order valence-corrected chi connectivity index (χ2v) is 12.4. The number of imide groups is 1. The van der Waals surface area contributed by atoms with Crippen LogP contribution in [0.5, 0.6) is 0 Å². The summed E-state index contributed by atoms with van der Waals surface area (Å²) in [5, 5.41) is 12.4. The molecule has 51 heavy (non-hydrogen) atoms. The van der Waals surface area contributed by atoms with E-state index in [1.165, 1.54) is 12.4 Å². The number of methoxy groups -OCH3 is 2. The number of esters is 2. The number of carbonyl (C=O) groups excluding carboxylic acids is 6. The summed E-state index contributed by atoms with van der Waals surface area (Å²) in [5.41, 5.74) is -4.91. The van der Waals surface area contributed by atoms with E-state index in [4.69, 9.17) is 23.2 Å². The van der Waals surface area contributed by atoms with Crippen LogP contribution in [0.4, 0.5) is 51.3 Å². The van der Waals surface area contributed by atoms with E-state index >= 15 is 0 Å². The topological polar surface area (TPSA) is 168 Å². The number of urea groups is 1. The summed E-state index contributed by atoms with van der Waals surface area (Å²) in [7, 11) is 2.30. The summed E-state index contributed by atoms with van der Waals surface area (Å²) in [6, 6.07) is 1.86. The third-order valence-corrected chi connectivity index (χ3v) is 8.87. The number of benzene rings is 2. The summed E-state index contributed by atoms with van der Waals surface area (Å²) >= 11 is 13.3. The molecule has 2 aromatic carbocycles. The number of rotatable bonds is 10. The van der Waals surface area contributed by atoms with Crippen LogP contribution < -0.4 is 15.5 Å². The third-order valence-electron chi connectivity index (χ3n) is 5.96. The van der Waals surface area contributed by atoms with Gasteiger partial charge in [-0.15, -0.1) is 23.5 Å². The molecule has 1 aliphatic heterocycles. The number of aliphatic hydroxyl groups is 1. The minimum absolute atomic E-state index is 0.0641. The summed E-state index contributed by atoms with van der Waals surface area (Å²) in [6.45, 7) is 0. The quantitative estimate of drug-likeness (QED) is 0.117. The molecule has 2 aromatic rings. The van der Waals surface area contributed by atoms with Crippen LogP contribution in [-0.2, 0) is 33.4 Å². The molecule has 24 heteroatoms. The Morgan fingerprint density at radius 2 is 1.39 bits per heavy atom. The highest BCUT2D eigenvalue weighted by Gasteiger charge is 2.60. The molecule has 0 aliphatic carbocycles. The highest BCUT2D eigenvalue weighted by atomic mass is 35.5. The number of nitrogens with zero attached hydrogens (tertiary/aromatic N) is 1. The number of nitrogens with one attached hydrogen (secondary N) is 2. The zero-order valence-electron chi connectivity index (χ0n) is 25.4. The minimum atomic E-state index is -5.32. The normalized spacial score (nSPS) is 16.1. The predicted molar refractivity (Wildman–Crippen MR) is 164 cm³/mol. The molecule has 1 aliphatic rings. The van der Waals surface area contributed by atoms with Crippen molar-refractivity contribution in [3.05, 3.63) is 45.9 Å². The van der Waals surface area contributed by atoms with Gasteiger partial charge in [-0.25, -0.2) is 18.5 Å². The van der Waals surface area contributed by atoms with E-state index in [1.807, 2.05) is 5.32 Å². The number of alkyl halides is 6. The van der Waals surface area contributed by atoms with Crippen LogP contribution in [0.3, 0.4) is 0 Å². The first-order valence-corrected chi connectivity index (χ1v) is 15.9. The van der Waals surface area contributed by atoms with Crippen LogP contribution in [0.1, 0.15) is 12.8 Å². The molecular formula is C27H21Cl2F8N3O9S2. The van der Waals surface area contributed by atoms with Crippen LogP contribution in [0.2, 0.25) is 10.0 Å². The van der Waals surface area contributed by atoms with Gasteiger partial charge in [0, 0.05) is 9.79 Å². The first kappa shape index (κ1) is 43.3. The molecule has 4 amide bonds. The molecule has 280 valence electrons. The van der Waals surface area contributed by atoms with E-state index in [0.29, 0.717) is 0 Å². The fraction of sp³-hybridized carbons (Fsp3) is 0.333. The molecule has 1 heterocycles. The lowest BCUT2D eigenvalue weighted by molar-refractivity contribution is -0.269. The Labute approximate surface area is 299 Å². The fourth-order valence-electron chi connectivity index (χ4n) is 3.47. The van der Waals surface area contributed by atoms with E-state index in [9.17, 15) is 69.0 Å². The van der Waals surface area contributed by atoms with Crippen LogP contribution >= 0.6 is 46.7 Å². The number of anilines is 2. The summed E-state index contributed by atoms with van der Waals surface area (Å²) < 4.78 is 112. The molecule has 1 fully saturated rings. The number of hydrogen-bond donors (Lipinski definition) is 3. The smallest absolute Gasteiger partial charge is 0.450 e. The molecule has 1 unspecified atom stereocenters. The molecule has 0 aromatic heterocycles. The number of thioether (sulfide) groups is 2. The highest BCUT2D eigenvalue weighted by Crippen LogP contribution is 2.38. The number of ether oxygens (including phenoxy) is 2. The van der Waals surface area contributed by atoms with E-state index in [2.05, 4.69) is 9.47 Å². The lowest BCUT2D eigenvalue weighted by Gasteiger charge is -2.38. The summed E-state index contributed by atoms with van der Waals surface area (Å²) in [6.07, 6.45) is -13.5. The molecule has 1 saturated heterocycles. The van der Waals surface area contributed by atoms with Gasteiger partial charge in [-0.2, -0.15) is 26.3 Å². The second-order valence-electron chi connectivity index (χ2n) is 9.57. The van der Waals surface area contributed by atoms with Crippen molar-refractivity contribution in [1.29, 1.82) is 0 Å². The number of hydrogen-bond acceptors (Lipinski definition) is 11. The molecule has 1 atom stereocenters. The molecule has 0 radical (unpaired) electrons. The number of Topliss-reactive ketones (excluding diaryl/α,β-unsaturated/α-hetero) is 1. The molecule has 0 bridgehead atoms. The van der Waals surface area contributed by atoms with Crippen molar-refractivity contribution in [2.24, 2.45) is 0 Å². The molecular weight excluding hydrogens is 797 g/mol. The first-order chi connectivity index (χ1) is 23.4. The average Bonchev–Trinajstić information content (AvgIpc) is 3.00. The van der Waals surface area contributed by atoms with Gasteiger partial charge in [-0.1, -0.05) is 23.2 Å². The Balaban J connectivity index is 0.000000356. The zero-order valence-corrected chi connectivity index (χ0v) is 28.5. The van der Waals surface area contributed by atoms with Gasteiger partial charge < -0.3 is 25.2 Å². The Hall–Kier alpha value is -3.86. The maximum Gasteiger partial charge on any atom is 0.450 e. The van der Waals surface area contributed by atoms with Crippen LogP contribution in [0, 0.1) is 11.6 Å². The zero-order chi connectivity index (χ0) is 39.1. The largest absolute Gasteiger partial charge is 0.468 e. The van der Waals surface area contributed by atoms with Gasteiger partial charge in [0.15, 0.2) is 0 Å². The lowest BCUT2D eigenvalue weighted by atomic mass is 10.1. The highest BCUT2D eigenvalue weighted by molar-refractivity contribution is 8.00. The Morgan fingerprint density at radius 1 is 0.902 bits per heavy atom. The van der Waals surface area contributed by atoms with E-state index in [0.717, 1.165) is 54.9 Å². The van der Waals surface area contributed by atoms with Gasteiger partial charge in [-0.3, -0.25) is 24.0 Å². The van der Waals surface area contributed by atoms with Gasteiger partial charge in [0.1, 0.15) is 11.6 Å². The summed E-state index contributed by atoms with van der Waals surface area (Å²) in [4.78, 5) is 68.8. The Kier molecular flexibility index (Phi) is 14.9. The fourth-order valence-corrected chi connectivity index (χ4v) is 5.67. The Morgan fingerprint density at radius 3 is 1.84 bits per heavy atom. The van der Waals surface area contributed by atoms with Crippen molar-refractivity contribution < 1.29 is 78.5 Å². The van der Waals surface area contributed by atoms with E-state index in [-0.39, 0.29) is 36.2 Å². The third kappa shape index (κ3) is 11.8. The van der Waals surface area contributed by atoms with E-state index < -0.39 is 89.5 Å². The minimum Gasteiger partial charge on any atom is -0.468 e. The number of carbonyl (C=O) groups is 6.